The molecule has 0 fully saturated rings. The van der Waals surface area contributed by atoms with Gasteiger partial charge in [0.15, 0.2) is 0 Å². The third kappa shape index (κ3) is 4.70. The Labute approximate surface area is 129 Å². The van der Waals surface area contributed by atoms with Gasteiger partial charge in [-0.1, -0.05) is 0 Å². The SMILES string of the molecule is NCCCCc1ccc(-c2ccc(CCCCN)s2)s1. The molecular formula is C16H24N2S2. The van der Waals surface area contributed by atoms with Gasteiger partial charge < -0.3 is 11.5 Å². The van der Waals surface area contributed by atoms with Crippen LogP contribution in [0.2, 0.25) is 0 Å². The Morgan fingerprint density at radius 1 is 0.650 bits per heavy atom. The second-order valence-corrected chi connectivity index (χ2v) is 7.36. The van der Waals surface area contributed by atoms with E-state index in [1.165, 1.54) is 32.4 Å². The number of aryl methyl sites for hydroxylation is 2. The number of hydrogen-bond donors (Lipinski definition) is 2. The maximum atomic E-state index is 5.54. The van der Waals surface area contributed by atoms with Gasteiger partial charge >= 0.3 is 0 Å². The minimum absolute atomic E-state index is 0.801. The first-order valence-corrected chi connectivity index (χ1v) is 9.04. The highest BCUT2D eigenvalue weighted by molar-refractivity contribution is 7.22. The minimum Gasteiger partial charge on any atom is -0.330 e. The summed E-state index contributed by atoms with van der Waals surface area (Å²) in [7, 11) is 0. The molecule has 0 aliphatic rings. The molecule has 0 unspecified atom stereocenters. The lowest BCUT2D eigenvalue weighted by molar-refractivity contribution is 0.751. The van der Waals surface area contributed by atoms with E-state index in [2.05, 4.69) is 24.3 Å². The summed E-state index contributed by atoms with van der Waals surface area (Å²) < 4.78 is 0. The standard InChI is InChI=1S/C16H24N2S2/c17-11-3-1-5-13-7-9-15(19-13)16-10-8-14(20-16)6-2-4-12-18/h7-10H,1-6,11-12,17-18H2. The van der Waals surface area contributed by atoms with E-state index in [0.29, 0.717) is 0 Å². The van der Waals surface area contributed by atoms with Crippen LogP contribution in [-0.2, 0) is 12.8 Å². The van der Waals surface area contributed by atoms with Crippen molar-refractivity contribution in [1.29, 1.82) is 0 Å². The van der Waals surface area contributed by atoms with Crippen molar-refractivity contribution in [1.82, 2.24) is 0 Å². The molecule has 20 heavy (non-hydrogen) atoms. The van der Waals surface area contributed by atoms with Crippen molar-refractivity contribution in [2.75, 3.05) is 13.1 Å². The Morgan fingerprint density at radius 3 is 1.50 bits per heavy atom. The molecule has 0 aliphatic carbocycles. The summed E-state index contributed by atoms with van der Waals surface area (Å²) in [5, 5.41) is 0. The van der Waals surface area contributed by atoms with Crippen LogP contribution in [0.3, 0.4) is 0 Å². The van der Waals surface area contributed by atoms with E-state index >= 15 is 0 Å². The largest absolute Gasteiger partial charge is 0.330 e. The molecule has 2 aromatic heterocycles. The molecule has 0 aliphatic heterocycles. The first kappa shape index (κ1) is 15.7. The summed E-state index contributed by atoms with van der Waals surface area (Å²) in [6.07, 6.45) is 6.97. The minimum atomic E-state index is 0.801. The van der Waals surface area contributed by atoms with E-state index in [1.807, 2.05) is 22.7 Å². The normalized spacial score (nSPS) is 11.1. The third-order valence-corrected chi connectivity index (χ3v) is 5.81. The van der Waals surface area contributed by atoms with Crippen LogP contribution in [0.5, 0.6) is 0 Å². The van der Waals surface area contributed by atoms with E-state index < -0.39 is 0 Å². The van der Waals surface area contributed by atoms with Gasteiger partial charge in [-0.15, -0.1) is 22.7 Å². The lowest BCUT2D eigenvalue weighted by Gasteiger charge is -1.96. The molecule has 4 N–H and O–H groups in total. The van der Waals surface area contributed by atoms with Gasteiger partial charge in [0.05, 0.1) is 0 Å². The molecule has 2 nitrogen and oxygen atoms in total. The van der Waals surface area contributed by atoms with E-state index in [4.69, 9.17) is 11.5 Å². The van der Waals surface area contributed by atoms with Crippen molar-refractivity contribution in [3.63, 3.8) is 0 Å². The van der Waals surface area contributed by atoms with Gasteiger partial charge in [0.1, 0.15) is 0 Å². The molecule has 2 heterocycles. The summed E-state index contributed by atoms with van der Waals surface area (Å²) in [6.45, 7) is 1.60. The monoisotopic (exact) mass is 308 g/mol. The van der Waals surface area contributed by atoms with Crippen molar-refractivity contribution >= 4 is 22.7 Å². The molecule has 2 aromatic rings. The van der Waals surface area contributed by atoms with Crippen molar-refractivity contribution in [2.45, 2.75) is 38.5 Å². The fourth-order valence-corrected chi connectivity index (χ4v) is 4.37. The summed E-state index contributed by atoms with van der Waals surface area (Å²) >= 11 is 3.86. The van der Waals surface area contributed by atoms with E-state index in [1.54, 1.807) is 0 Å². The van der Waals surface area contributed by atoms with Crippen molar-refractivity contribution in [3.8, 4) is 9.75 Å². The molecule has 0 radical (unpaired) electrons. The predicted molar refractivity (Wildman–Crippen MR) is 91.6 cm³/mol. The Bertz CT molecular complexity index is 456. The number of nitrogens with two attached hydrogens (primary N) is 2. The number of thiophene rings is 2. The van der Waals surface area contributed by atoms with Gasteiger partial charge in [0, 0.05) is 19.5 Å². The summed E-state index contributed by atoms with van der Waals surface area (Å²) in [6, 6.07) is 9.06. The van der Waals surface area contributed by atoms with E-state index in [0.717, 1.165) is 38.8 Å². The lowest BCUT2D eigenvalue weighted by atomic mass is 10.2. The number of hydrogen-bond acceptors (Lipinski definition) is 4. The summed E-state index contributed by atoms with van der Waals surface area (Å²) in [5.41, 5.74) is 11.1. The molecule has 110 valence electrons. The molecule has 0 amide bonds. The second-order valence-electron chi connectivity index (χ2n) is 5.02. The van der Waals surface area contributed by atoms with Gasteiger partial charge in [-0.25, -0.2) is 0 Å². The van der Waals surface area contributed by atoms with Gasteiger partial charge in [-0.2, -0.15) is 0 Å². The first-order chi connectivity index (χ1) is 9.83. The highest BCUT2D eigenvalue weighted by atomic mass is 32.1. The van der Waals surface area contributed by atoms with Crippen LogP contribution in [0.15, 0.2) is 24.3 Å². The Balaban J connectivity index is 1.90. The Morgan fingerprint density at radius 2 is 1.10 bits per heavy atom. The van der Waals surface area contributed by atoms with Crippen LogP contribution in [0.25, 0.3) is 9.75 Å². The topological polar surface area (TPSA) is 52.0 Å². The van der Waals surface area contributed by atoms with Crippen LogP contribution in [0, 0.1) is 0 Å². The predicted octanol–water partition coefficient (Wildman–Crippen LogP) is 4.04. The van der Waals surface area contributed by atoms with Crippen LogP contribution in [0.4, 0.5) is 0 Å². The fourth-order valence-electron chi connectivity index (χ4n) is 2.18. The lowest BCUT2D eigenvalue weighted by Crippen LogP contribution is -1.98. The average Bonchev–Trinajstić information content (AvgIpc) is 3.08. The molecule has 0 aromatic carbocycles. The van der Waals surface area contributed by atoms with Crippen LogP contribution in [-0.4, -0.2) is 13.1 Å². The summed E-state index contributed by atoms with van der Waals surface area (Å²) in [5.74, 6) is 0. The molecule has 2 rings (SSSR count). The van der Waals surface area contributed by atoms with Gasteiger partial charge in [-0.3, -0.25) is 0 Å². The number of unbranched alkanes of at least 4 members (excludes halogenated alkanes) is 2. The summed E-state index contributed by atoms with van der Waals surface area (Å²) in [4.78, 5) is 5.77. The van der Waals surface area contributed by atoms with Crippen LogP contribution < -0.4 is 11.5 Å². The second kappa shape index (κ2) is 8.57. The van der Waals surface area contributed by atoms with E-state index in [9.17, 15) is 0 Å². The van der Waals surface area contributed by atoms with Crippen molar-refractivity contribution in [2.24, 2.45) is 11.5 Å². The van der Waals surface area contributed by atoms with Gasteiger partial charge in [0.25, 0.3) is 0 Å². The molecule has 4 heteroatoms. The van der Waals surface area contributed by atoms with E-state index in [-0.39, 0.29) is 0 Å². The maximum absolute atomic E-state index is 5.54. The zero-order valence-electron chi connectivity index (χ0n) is 11.9. The smallest absolute Gasteiger partial charge is 0.0445 e. The molecule has 0 saturated heterocycles. The van der Waals surface area contributed by atoms with Crippen molar-refractivity contribution < 1.29 is 0 Å². The highest BCUT2D eigenvalue weighted by Crippen LogP contribution is 2.34. The van der Waals surface area contributed by atoms with Gasteiger partial charge in [-0.05, 0) is 75.9 Å². The van der Waals surface area contributed by atoms with Crippen LogP contribution in [0.1, 0.15) is 35.4 Å². The quantitative estimate of drug-likeness (QED) is 0.687. The average molecular weight is 309 g/mol. The highest BCUT2D eigenvalue weighted by Gasteiger charge is 2.06. The molecule has 0 saturated carbocycles. The molecule has 0 bridgehead atoms. The Kier molecular flexibility index (Phi) is 6.73. The maximum Gasteiger partial charge on any atom is 0.0445 e. The van der Waals surface area contributed by atoms with Gasteiger partial charge in [0.2, 0.25) is 0 Å². The zero-order chi connectivity index (χ0) is 14.2. The van der Waals surface area contributed by atoms with Crippen molar-refractivity contribution in [3.05, 3.63) is 34.0 Å². The fraction of sp³-hybridized carbons (Fsp3) is 0.500. The number of rotatable bonds is 9. The first-order valence-electron chi connectivity index (χ1n) is 7.41. The molecule has 0 spiro atoms. The Hall–Kier alpha value is -0.680. The van der Waals surface area contributed by atoms with Crippen LogP contribution >= 0.6 is 22.7 Å². The third-order valence-electron chi connectivity index (χ3n) is 3.32. The molecular weight excluding hydrogens is 284 g/mol. The zero-order valence-corrected chi connectivity index (χ0v) is 13.6. The molecule has 0 atom stereocenters.